The average molecular weight is 384 g/mol. The Morgan fingerprint density at radius 2 is 1.96 bits per heavy atom. The van der Waals surface area contributed by atoms with Crippen LogP contribution in [-0.4, -0.2) is 31.2 Å². The smallest absolute Gasteiger partial charge is 0.342 e. The molecule has 0 fully saturated rings. The van der Waals surface area contributed by atoms with Crippen LogP contribution in [0.1, 0.15) is 37.0 Å². The second-order valence-corrected chi connectivity index (χ2v) is 6.71. The maximum absolute atomic E-state index is 14.5. The highest BCUT2D eigenvalue weighted by atomic mass is 19.1. The summed E-state index contributed by atoms with van der Waals surface area (Å²) in [5.74, 6) is -0.116. The molecule has 5 nitrogen and oxygen atoms in total. The maximum Gasteiger partial charge on any atom is 0.342 e. The van der Waals surface area contributed by atoms with Crippen molar-refractivity contribution in [3.05, 3.63) is 53.8 Å². The molecule has 0 bridgehead atoms. The Labute approximate surface area is 164 Å². The zero-order valence-electron chi connectivity index (χ0n) is 16.6. The number of para-hydroxylation sites is 1. The lowest BCUT2D eigenvalue weighted by Gasteiger charge is -2.31. The van der Waals surface area contributed by atoms with Crippen molar-refractivity contribution in [1.29, 1.82) is 0 Å². The predicted molar refractivity (Wildman–Crippen MR) is 109 cm³/mol. The molecule has 1 N–H and O–H groups in total. The molecule has 3 rings (SSSR count). The summed E-state index contributed by atoms with van der Waals surface area (Å²) in [7, 11) is 2.80. The lowest BCUT2D eigenvalue weighted by molar-refractivity contribution is 0.0604. The van der Waals surface area contributed by atoms with Crippen LogP contribution in [0.25, 0.3) is 10.9 Å². The van der Waals surface area contributed by atoms with E-state index in [1.54, 1.807) is 12.1 Å². The first-order valence-electron chi connectivity index (χ1n) is 9.33. The molecule has 0 saturated heterocycles. The lowest BCUT2D eigenvalue weighted by Crippen LogP contribution is -2.30. The Hall–Kier alpha value is -3.02. The number of halogens is 1. The molecule has 3 aromatic rings. The number of ether oxygens (including phenoxy) is 2. The first-order chi connectivity index (χ1) is 13.5. The summed E-state index contributed by atoms with van der Waals surface area (Å²) in [5.41, 5.74) is 1.90. The number of benzene rings is 2. The number of hydrogen-bond acceptors (Lipinski definition) is 4. The molecular formula is C22H25FN2O3. The van der Waals surface area contributed by atoms with Crippen LogP contribution in [0.4, 0.5) is 15.9 Å². The minimum Gasteiger partial charge on any atom is -0.494 e. The van der Waals surface area contributed by atoms with E-state index in [1.165, 1.54) is 20.3 Å². The number of esters is 1. The number of carbonyl (C=O) groups is 1. The van der Waals surface area contributed by atoms with Crippen LogP contribution in [0, 0.1) is 5.82 Å². The minimum atomic E-state index is -0.454. The molecule has 1 unspecified atom stereocenters. The molecule has 2 aromatic carbocycles. The van der Waals surface area contributed by atoms with Gasteiger partial charge in [0.25, 0.3) is 0 Å². The molecule has 0 spiro atoms. The highest BCUT2D eigenvalue weighted by Gasteiger charge is 2.27. The first-order valence-corrected chi connectivity index (χ1v) is 9.33. The van der Waals surface area contributed by atoms with E-state index in [2.05, 4.69) is 18.8 Å². The van der Waals surface area contributed by atoms with Gasteiger partial charge in [-0.2, -0.15) is 0 Å². The Balaban J connectivity index is 2.24. The van der Waals surface area contributed by atoms with E-state index < -0.39 is 11.8 Å². The molecular weight excluding hydrogens is 359 g/mol. The van der Waals surface area contributed by atoms with Crippen molar-refractivity contribution in [2.24, 2.45) is 0 Å². The van der Waals surface area contributed by atoms with E-state index in [4.69, 9.17) is 9.47 Å². The van der Waals surface area contributed by atoms with Gasteiger partial charge in [-0.15, -0.1) is 0 Å². The monoisotopic (exact) mass is 384 g/mol. The quantitative estimate of drug-likeness (QED) is 0.552. The molecule has 0 radical (unpaired) electrons. The lowest BCUT2D eigenvalue weighted by atomic mass is 10.1. The molecule has 148 valence electrons. The summed E-state index contributed by atoms with van der Waals surface area (Å²) in [6.45, 7) is 4.15. The van der Waals surface area contributed by atoms with Gasteiger partial charge in [-0.1, -0.05) is 31.5 Å². The topological polar surface area (TPSA) is 54.6 Å². The van der Waals surface area contributed by atoms with Gasteiger partial charge in [-0.05, 0) is 31.5 Å². The van der Waals surface area contributed by atoms with Gasteiger partial charge in [-0.25, -0.2) is 9.18 Å². The number of nitrogens with one attached hydrogen (secondary N) is 1. The van der Waals surface area contributed by atoms with Crippen LogP contribution in [0.5, 0.6) is 5.75 Å². The standard InChI is InChI=1S/C22H25FN2O3/c1-5-8-14(2)25(15-11-12-19(27-3)17(23)13-15)21-20(22(26)28-4)16-9-6-7-10-18(16)24-21/h6-7,9-14,24H,5,8H2,1-4H3. The zero-order chi connectivity index (χ0) is 20.3. The van der Waals surface area contributed by atoms with Crippen LogP contribution in [0.2, 0.25) is 0 Å². The number of anilines is 2. The molecule has 0 aliphatic carbocycles. The average Bonchev–Trinajstić information content (AvgIpc) is 3.07. The number of nitrogens with zero attached hydrogens (tertiary/aromatic N) is 1. The Morgan fingerprint density at radius 1 is 1.21 bits per heavy atom. The van der Waals surface area contributed by atoms with Crippen molar-refractivity contribution < 1.29 is 18.7 Å². The third-order valence-electron chi connectivity index (χ3n) is 4.88. The number of fused-ring (bicyclic) bond motifs is 1. The van der Waals surface area contributed by atoms with E-state index in [9.17, 15) is 9.18 Å². The summed E-state index contributed by atoms with van der Waals surface area (Å²) in [4.78, 5) is 17.9. The summed E-state index contributed by atoms with van der Waals surface area (Å²) in [6, 6.07) is 12.4. The van der Waals surface area contributed by atoms with Crippen LogP contribution in [0.3, 0.4) is 0 Å². The molecule has 28 heavy (non-hydrogen) atoms. The molecule has 0 aliphatic heterocycles. The van der Waals surface area contributed by atoms with Gasteiger partial charge in [0.15, 0.2) is 11.6 Å². The second kappa shape index (κ2) is 8.33. The summed E-state index contributed by atoms with van der Waals surface area (Å²) < 4.78 is 24.5. The van der Waals surface area contributed by atoms with Crippen LogP contribution >= 0.6 is 0 Å². The van der Waals surface area contributed by atoms with Crippen LogP contribution in [-0.2, 0) is 4.74 Å². The molecule has 0 saturated carbocycles. The summed E-state index contributed by atoms with van der Waals surface area (Å²) >= 11 is 0. The molecule has 1 atom stereocenters. The zero-order valence-corrected chi connectivity index (χ0v) is 16.6. The van der Waals surface area contributed by atoms with Gasteiger partial charge in [-0.3, -0.25) is 0 Å². The fourth-order valence-electron chi connectivity index (χ4n) is 3.57. The first kappa shape index (κ1) is 19.7. The SMILES string of the molecule is CCCC(C)N(c1ccc(OC)c(F)c1)c1[nH]c2ccccc2c1C(=O)OC. The Bertz CT molecular complexity index is 983. The molecule has 6 heteroatoms. The Kier molecular flexibility index (Phi) is 5.87. The van der Waals surface area contributed by atoms with Crippen molar-refractivity contribution >= 4 is 28.4 Å². The fourth-order valence-corrected chi connectivity index (χ4v) is 3.57. The number of aromatic nitrogens is 1. The van der Waals surface area contributed by atoms with Gasteiger partial charge in [0.2, 0.25) is 0 Å². The number of carbonyl (C=O) groups excluding carboxylic acids is 1. The van der Waals surface area contributed by atoms with Crippen molar-refractivity contribution in [3.8, 4) is 5.75 Å². The van der Waals surface area contributed by atoms with Crippen molar-refractivity contribution in [3.63, 3.8) is 0 Å². The number of H-pyrrole nitrogens is 1. The van der Waals surface area contributed by atoms with Crippen molar-refractivity contribution in [1.82, 2.24) is 4.98 Å². The summed E-state index contributed by atoms with van der Waals surface area (Å²) in [5, 5.41) is 0.770. The number of rotatable bonds is 7. The summed E-state index contributed by atoms with van der Waals surface area (Å²) in [6.07, 6.45) is 1.81. The number of methoxy groups -OCH3 is 2. The highest BCUT2D eigenvalue weighted by Crippen LogP contribution is 2.37. The van der Waals surface area contributed by atoms with E-state index in [0.717, 1.165) is 23.7 Å². The van der Waals surface area contributed by atoms with E-state index in [1.807, 2.05) is 29.2 Å². The number of hydrogen-bond donors (Lipinski definition) is 1. The van der Waals surface area contributed by atoms with E-state index in [0.29, 0.717) is 17.1 Å². The molecule has 0 amide bonds. The van der Waals surface area contributed by atoms with Crippen LogP contribution < -0.4 is 9.64 Å². The number of aromatic amines is 1. The highest BCUT2D eigenvalue weighted by molar-refractivity contribution is 6.10. The Morgan fingerprint density at radius 3 is 2.61 bits per heavy atom. The third kappa shape index (κ3) is 3.54. The van der Waals surface area contributed by atoms with Crippen molar-refractivity contribution in [2.45, 2.75) is 32.7 Å². The molecule has 0 aliphatic rings. The minimum absolute atomic E-state index is 0.0225. The van der Waals surface area contributed by atoms with Gasteiger partial charge < -0.3 is 19.4 Å². The fraction of sp³-hybridized carbons (Fsp3) is 0.318. The molecule has 1 heterocycles. The van der Waals surface area contributed by atoms with Crippen molar-refractivity contribution in [2.75, 3.05) is 19.1 Å². The largest absolute Gasteiger partial charge is 0.494 e. The van der Waals surface area contributed by atoms with Gasteiger partial charge in [0.05, 0.1) is 14.2 Å². The predicted octanol–water partition coefficient (Wildman–Crippen LogP) is 5.43. The van der Waals surface area contributed by atoms with E-state index in [-0.39, 0.29) is 11.8 Å². The normalized spacial score (nSPS) is 12.0. The third-order valence-corrected chi connectivity index (χ3v) is 4.88. The molecule has 1 aromatic heterocycles. The van der Waals surface area contributed by atoms with Gasteiger partial charge in [0, 0.05) is 28.7 Å². The van der Waals surface area contributed by atoms with Gasteiger partial charge >= 0.3 is 5.97 Å². The van der Waals surface area contributed by atoms with E-state index >= 15 is 0 Å². The maximum atomic E-state index is 14.5. The second-order valence-electron chi connectivity index (χ2n) is 6.71. The van der Waals surface area contributed by atoms with Crippen LogP contribution in [0.15, 0.2) is 42.5 Å². The van der Waals surface area contributed by atoms with Gasteiger partial charge in [0.1, 0.15) is 11.4 Å².